The quantitative estimate of drug-likeness (QED) is 0.277. The number of hydrogen-bond donors (Lipinski definition) is 1. The third-order valence-electron chi connectivity index (χ3n) is 6.20. The molecule has 1 N–H and O–H groups in total. The van der Waals surface area contributed by atoms with Gasteiger partial charge in [0.15, 0.2) is 0 Å². The summed E-state index contributed by atoms with van der Waals surface area (Å²) in [7, 11) is 0. The molecule has 0 fully saturated rings. The number of benzene rings is 4. The summed E-state index contributed by atoms with van der Waals surface area (Å²) in [6, 6.07) is 26.2. The van der Waals surface area contributed by atoms with Crippen molar-refractivity contribution in [2.75, 3.05) is 0 Å². The molecule has 2 aromatic heterocycles. The number of carbonyl (C=O) groups is 1. The number of amides is 1. The molecule has 0 unspecified atom stereocenters. The first-order chi connectivity index (χ1) is 17.6. The van der Waals surface area contributed by atoms with Gasteiger partial charge in [-0.05, 0) is 41.5 Å². The van der Waals surface area contributed by atoms with E-state index in [1.54, 1.807) is 22.2 Å². The number of thiophene rings is 1. The van der Waals surface area contributed by atoms with Crippen LogP contribution >= 0.6 is 11.3 Å². The van der Waals surface area contributed by atoms with E-state index in [0.29, 0.717) is 0 Å². The highest BCUT2D eigenvalue weighted by Crippen LogP contribution is 2.40. The number of nitrogens with zero attached hydrogens (tertiary/aromatic N) is 2. The fourth-order valence-electron chi connectivity index (χ4n) is 4.43. The lowest BCUT2D eigenvalue weighted by atomic mass is 10.0. The van der Waals surface area contributed by atoms with E-state index >= 15 is 0 Å². The van der Waals surface area contributed by atoms with Crippen molar-refractivity contribution in [1.82, 2.24) is 14.9 Å². The molecule has 0 aliphatic heterocycles. The predicted molar refractivity (Wildman–Crippen MR) is 139 cm³/mol. The highest BCUT2D eigenvalue weighted by atomic mass is 32.1. The SMILES string of the molecule is O=C(NCc1c(F)cccc1F)c1cncn1-c1cccc(-c2cccc3c2sc2ccccc23)c1. The number of imidazole rings is 1. The van der Waals surface area contributed by atoms with E-state index < -0.39 is 17.5 Å². The van der Waals surface area contributed by atoms with Gasteiger partial charge in [-0.15, -0.1) is 11.3 Å². The maximum absolute atomic E-state index is 14.0. The minimum Gasteiger partial charge on any atom is -0.346 e. The molecule has 0 spiro atoms. The van der Waals surface area contributed by atoms with E-state index in [-0.39, 0.29) is 17.8 Å². The van der Waals surface area contributed by atoms with E-state index in [9.17, 15) is 13.6 Å². The van der Waals surface area contributed by atoms with Crippen LogP contribution in [0.1, 0.15) is 16.1 Å². The number of rotatable bonds is 5. The molecule has 0 aliphatic carbocycles. The molecule has 0 bridgehead atoms. The summed E-state index contributed by atoms with van der Waals surface area (Å²) >= 11 is 1.76. The van der Waals surface area contributed by atoms with Crippen molar-refractivity contribution in [3.8, 4) is 16.8 Å². The van der Waals surface area contributed by atoms with Gasteiger partial charge in [0.25, 0.3) is 5.91 Å². The van der Waals surface area contributed by atoms with Gasteiger partial charge in [0, 0.05) is 38.0 Å². The molecule has 4 aromatic carbocycles. The summed E-state index contributed by atoms with van der Waals surface area (Å²) in [4.78, 5) is 17.1. The van der Waals surface area contributed by atoms with Gasteiger partial charge >= 0.3 is 0 Å². The Hall–Kier alpha value is -4.36. The third kappa shape index (κ3) is 3.83. The minimum atomic E-state index is -0.702. The molecule has 0 saturated carbocycles. The Morgan fingerprint density at radius 3 is 2.50 bits per heavy atom. The topological polar surface area (TPSA) is 46.9 Å². The summed E-state index contributed by atoms with van der Waals surface area (Å²) in [5.41, 5.74) is 2.96. The summed E-state index contributed by atoms with van der Waals surface area (Å²) < 4.78 is 32.0. The molecule has 4 nitrogen and oxygen atoms in total. The zero-order valence-corrected chi connectivity index (χ0v) is 19.7. The molecule has 0 radical (unpaired) electrons. The first-order valence-electron chi connectivity index (χ1n) is 11.3. The van der Waals surface area contributed by atoms with Gasteiger partial charge < -0.3 is 5.32 Å². The van der Waals surface area contributed by atoms with Crippen molar-refractivity contribution in [2.45, 2.75) is 6.54 Å². The average molecular weight is 496 g/mol. The second kappa shape index (κ2) is 9.02. The highest BCUT2D eigenvalue weighted by molar-refractivity contribution is 7.26. The van der Waals surface area contributed by atoms with Crippen LogP contribution in [0.15, 0.2) is 97.5 Å². The number of aromatic nitrogens is 2. The fourth-order valence-corrected chi connectivity index (χ4v) is 5.67. The lowest BCUT2D eigenvalue weighted by molar-refractivity contribution is 0.0943. The van der Waals surface area contributed by atoms with Gasteiger partial charge in [-0.1, -0.05) is 54.6 Å². The Morgan fingerprint density at radius 1 is 0.889 bits per heavy atom. The summed E-state index contributed by atoms with van der Waals surface area (Å²) in [6.45, 7) is -0.267. The molecular formula is C29H19F2N3OS. The largest absolute Gasteiger partial charge is 0.346 e. The number of hydrogen-bond acceptors (Lipinski definition) is 3. The molecule has 7 heteroatoms. The van der Waals surface area contributed by atoms with Crippen LogP contribution < -0.4 is 5.32 Å². The predicted octanol–water partition coefficient (Wildman–Crippen LogP) is 7.12. The zero-order valence-electron chi connectivity index (χ0n) is 18.9. The van der Waals surface area contributed by atoms with Crippen LogP contribution in [0, 0.1) is 11.6 Å². The first kappa shape index (κ1) is 22.1. The van der Waals surface area contributed by atoms with Crippen molar-refractivity contribution in [1.29, 1.82) is 0 Å². The maximum Gasteiger partial charge on any atom is 0.270 e. The molecule has 6 rings (SSSR count). The van der Waals surface area contributed by atoms with E-state index in [0.717, 1.165) is 28.9 Å². The normalized spacial score (nSPS) is 11.3. The van der Waals surface area contributed by atoms with Crippen molar-refractivity contribution in [2.24, 2.45) is 0 Å². The van der Waals surface area contributed by atoms with Crippen LogP contribution in [-0.2, 0) is 6.54 Å². The van der Waals surface area contributed by atoms with E-state index in [1.165, 1.54) is 32.4 Å². The Balaban J connectivity index is 1.34. The van der Waals surface area contributed by atoms with Crippen molar-refractivity contribution in [3.05, 3.63) is 120 Å². The van der Waals surface area contributed by atoms with Crippen LogP contribution in [0.25, 0.3) is 37.0 Å². The number of halogens is 2. The molecule has 6 aromatic rings. The molecule has 0 saturated heterocycles. The lowest BCUT2D eigenvalue weighted by Gasteiger charge is -2.12. The van der Waals surface area contributed by atoms with E-state index in [2.05, 4.69) is 40.6 Å². The average Bonchev–Trinajstić information content (AvgIpc) is 3.54. The lowest BCUT2D eigenvalue weighted by Crippen LogP contribution is -2.26. The second-order valence-electron chi connectivity index (χ2n) is 8.36. The molecule has 1 amide bonds. The van der Waals surface area contributed by atoms with E-state index in [1.807, 2.05) is 36.4 Å². The molecule has 0 atom stereocenters. The Morgan fingerprint density at radius 2 is 1.64 bits per heavy atom. The van der Waals surface area contributed by atoms with Crippen LogP contribution in [-0.4, -0.2) is 15.5 Å². The van der Waals surface area contributed by atoms with Crippen molar-refractivity contribution in [3.63, 3.8) is 0 Å². The van der Waals surface area contributed by atoms with E-state index in [4.69, 9.17) is 0 Å². The first-order valence-corrected chi connectivity index (χ1v) is 12.2. The summed E-state index contributed by atoms with van der Waals surface area (Å²) in [6.07, 6.45) is 2.99. The number of nitrogens with one attached hydrogen (secondary N) is 1. The van der Waals surface area contributed by atoms with Gasteiger partial charge in [-0.3, -0.25) is 9.36 Å². The van der Waals surface area contributed by atoms with Gasteiger partial charge in [-0.2, -0.15) is 0 Å². The van der Waals surface area contributed by atoms with Gasteiger partial charge in [0.05, 0.1) is 12.5 Å². The fraction of sp³-hybridized carbons (Fsp3) is 0.0345. The Labute approximate surface area is 209 Å². The van der Waals surface area contributed by atoms with Crippen LogP contribution in [0.3, 0.4) is 0 Å². The number of fused-ring (bicyclic) bond motifs is 3. The molecular weight excluding hydrogens is 476 g/mol. The molecule has 2 heterocycles. The van der Waals surface area contributed by atoms with Crippen molar-refractivity contribution >= 4 is 37.4 Å². The zero-order chi connectivity index (χ0) is 24.6. The third-order valence-corrected chi connectivity index (χ3v) is 7.42. The molecule has 176 valence electrons. The molecule has 36 heavy (non-hydrogen) atoms. The second-order valence-corrected chi connectivity index (χ2v) is 9.41. The monoisotopic (exact) mass is 495 g/mol. The smallest absolute Gasteiger partial charge is 0.270 e. The Bertz CT molecular complexity index is 1730. The van der Waals surface area contributed by atoms with Gasteiger partial charge in [0.2, 0.25) is 0 Å². The standard InChI is InChI=1S/C29H19F2N3OS/c30-24-11-5-12-25(31)23(24)15-33-29(35)26-16-32-17-34(26)19-7-3-6-18(14-19)20-9-4-10-22-21-8-1-2-13-27(21)36-28(20)22/h1-14,16-17H,15H2,(H,33,35). The molecule has 0 aliphatic rings. The van der Waals surface area contributed by atoms with Gasteiger partial charge in [-0.25, -0.2) is 13.8 Å². The van der Waals surface area contributed by atoms with Crippen LogP contribution in [0.2, 0.25) is 0 Å². The Kier molecular flexibility index (Phi) is 5.54. The minimum absolute atomic E-state index is 0.185. The number of carbonyl (C=O) groups excluding carboxylic acids is 1. The summed E-state index contributed by atoms with van der Waals surface area (Å²) in [5.74, 6) is -1.88. The van der Waals surface area contributed by atoms with Crippen LogP contribution in [0.4, 0.5) is 8.78 Å². The highest BCUT2D eigenvalue weighted by Gasteiger charge is 2.16. The summed E-state index contributed by atoms with van der Waals surface area (Å²) in [5, 5.41) is 5.04. The van der Waals surface area contributed by atoms with Crippen molar-refractivity contribution < 1.29 is 13.6 Å². The maximum atomic E-state index is 14.0. The van der Waals surface area contributed by atoms with Crippen LogP contribution in [0.5, 0.6) is 0 Å². The van der Waals surface area contributed by atoms with Gasteiger partial charge in [0.1, 0.15) is 17.3 Å².